The molecule has 5 rings (SSSR count). The van der Waals surface area contributed by atoms with Crippen LogP contribution in [-0.4, -0.2) is 23.6 Å². The Bertz CT molecular complexity index is 977. The number of carbonyl (C=O) groups excluding carboxylic acids is 2. The van der Waals surface area contributed by atoms with E-state index in [0.717, 1.165) is 18.4 Å². The number of aliphatic hydroxyl groups is 1. The molecule has 1 atom stereocenters. The van der Waals surface area contributed by atoms with Gasteiger partial charge in [-0.2, -0.15) is 0 Å². The van der Waals surface area contributed by atoms with Gasteiger partial charge in [-0.3, -0.25) is 14.5 Å². The van der Waals surface area contributed by atoms with Crippen LogP contribution in [0.1, 0.15) is 24.4 Å². The molecule has 0 aromatic heterocycles. The van der Waals surface area contributed by atoms with Gasteiger partial charge in [0.25, 0.3) is 5.91 Å². The first-order valence-electron chi connectivity index (χ1n) is 8.90. The highest BCUT2D eigenvalue weighted by molar-refractivity contribution is 6.28. The minimum atomic E-state index is -0.739. The third kappa shape index (κ3) is 2.48. The van der Waals surface area contributed by atoms with Crippen LogP contribution >= 0.6 is 0 Å². The van der Waals surface area contributed by atoms with Crippen molar-refractivity contribution in [2.24, 2.45) is 5.92 Å². The third-order valence-corrected chi connectivity index (χ3v) is 5.15. The molecular formula is C21H17NO5. The molecule has 1 unspecified atom stereocenters. The van der Waals surface area contributed by atoms with E-state index in [-0.39, 0.29) is 29.8 Å². The van der Waals surface area contributed by atoms with Crippen LogP contribution < -0.4 is 14.4 Å². The summed E-state index contributed by atoms with van der Waals surface area (Å²) in [6, 6.07) is 13.6. The lowest BCUT2D eigenvalue weighted by atomic mass is 10.0. The van der Waals surface area contributed by atoms with E-state index in [1.165, 1.54) is 4.90 Å². The molecule has 6 heteroatoms. The number of fused-ring (bicyclic) bond motifs is 1. The first-order chi connectivity index (χ1) is 13.1. The van der Waals surface area contributed by atoms with Gasteiger partial charge in [0.15, 0.2) is 17.3 Å². The van der Waals surface area contributed by atoms with E-state index in [1.807, 2.05) is 30.3 Å². The van der Waals surface area contributed by atoms with Crippen molar-refractivity contribution in [1.82, 2.24) is 0 Å². The fraction of sp³-hybridized carbons (Fsp3) is 0.238. The zero-order valence-corrected chi connectivity index (χ0v) is 14.4. The monoisotopic (exact) mass is 363 g/mol. The van der Waals surface area contributed by atoms with E-state index in [2.05, 4.69) is 0 Å². The number of Topliss-reactive ketones (excluding diaryl/α,β-unsaturated/α-hetero) is 1. The Hall–Kier alpha value is -3.28. The molecule has 0 bridgehead atoms. The summed E-state index contributed by atoms with van der Waals surface area (Å²) in [5, 5.41) is 10.9. The number of aliphatic hydroxyl groups excluding tert-OH is 1. The van der Waals surface area contributed by atoms with Gasteiger partial charge in [-0.25, -0.2) is 0 Å². The molecule has 2 aromatic rings. The molecule has 2 aliphatic heterocycles. The summed E-state index contributed by atoms with van der Waals surface area (Å²) in [5.74, 6) is 0.0699. The van der Waals surface area contributed by atoms with E-state index < -0.39 is 11.9 Å². The number of hydrogen-bond donors (Lipinski definition) is 1. The number of anilines is 1. The fourth-order valence-electron chi connectivity index (χ4n) is 3.63. The summed E-state index contributed by atoms with van der Waals surface area (Å²) in [5.41, 5.74) is 1.19. The first-order valence-corrected chi connectivity index (χ1v) is 8.90. The Kier molecular flexibility index (Phi) is 3.47. The van der Waals surface area contributed by atoms with Crippen molar-refractivity contribution in [3.63, 3.8) is 0 Å². The summed E-state index contributed by atoms with van der Waals surface area (Å²) in [6.07, 6.45) is 1.53. The number of benzene rings is 2. The van der Waals surface area contributed by atoms with Crippen molar-refractivity contribution in [2.75, 3.05) is 11.7 Å². The van der Waals surface area contributed by atoms with Gasteiger partial charge in [-0.05, 0) is 30.5 Å². The quantitative estimate of drug-likeness (QED) is 0.844. The number of ether oxygens (including phenoxy) is 2. The lowest BCUT2D eigenvalue weighted by Crippen LogP contribution is -2.31. The zero-order chi connectivity index (χ0) is 18.5. The fourth-order valence-corrected chi connectivity index (χ4v) is 3.63. The van der Waals surface area contributed by atoms with Crippen molar-refractivity contribution in [1.29, 1.82) is 0 Å². The van der Waals surface area contributed by atoms with Crippen molar-refractivity contribution >= 4 is 17.4 Å². The Labute approximate surface area is 155 Å². The predicted molar refractivity (Wildman–Crippen MR) is 96.6 cm³/mol. The van der Waals surface area contributed by atoms with Crippen LogP contribution in [0.4, 0.5) is 5.69 Å². The summed E-state index contributed by atoms with van der Waals surface area (Å²) in [4.78, 5) is 27.3. The van der Waals surface area contributed by atoms with Crippen LogP contribution in [0, 0.1) is 5.92 Å². The number of rotatable bonds is 4. The van der Waals surface area contributed by atoms with Crippen LogP contribution in [0.15, 0.2) is 59.9 Å². The number of hydrogen-bond acceptors (Lipinski definition) is 5. The third-order valence-electron chi connectivity index (χ3n) is 5.15. The van der Waals surface area contributed by atoms with E-state index in [0.29, 0.717) is 17.2 Å². The average molecular weight is 363 g/mol. The molecule has 136 valence electrons. The molecule has 6 nitrogen and oxygen atoms in total. The van der Waals surface area contributed by atoms with Crippen molar-refractivity contribution in [3.05, 3.63) is 65.4 Å². The van der Waals surface area contributed by atoms with E-state index in [1.54, 1.807) is 18.2 Å². The largest absolute Gasteiger partial charge is 0.509 e. The molecule has 1 aliphatic carbocycles. The number of ketones is 1. The van der Waals surface area contributed by atoms with Crippen LogP contribution in [-0.2, 0) is 9.59 Å². The van der Waals surface area contributed by atoms with Gasteiger partial charge in [0.2, 0.25) is 6.79 Å². The number of amides is 1. The maximum absolute atomic E-state index is 13.2. The Morgan fingerprint density at radius 2 is 1.78 bits per heavy atom. The molecule has 1 fully saturated rings. The van der Waals surface area contributed by atoms with Gasteiger partial charge in [-0.15, -0.1) is 0 Å². The van der Waals surface area contributed by atoms with Gasteiger partial charge < -0.3 is 14.6 Å². The first kappa shape index (κ1) is 15.9. The second-order valence-corrected chi connectivity index (χ2v) is 6.92. The highest BCUT2D eigenvalue weighted by Gasteiger charge is 2.47. The molecular weight excluding hydrogens is 346 g/mol. The lowest BCUT2D eigenvalue weighted by molar-refractivity contribution is -0.121. The summed E-state index contributed by atoms with van der Waals surface area (Å²) in [7, 11) is 0. The van der Waals surface area contributed by atoms with Crippen LogP contribution in [0.25, 0.3) is 0 Å². The van der Waals surface area contributed by atoms with Gasteiger partial charge >= 0.3 is 0 Å². The minimum Gasteiger partial charge on any atom is -0.509 e. The molecule has 1 saturated carbocycles. The second kappa shape index (κ2) is 5.87. The maximum Gasteiger partial charge on any atom is 0.266 e. The molecule has 1 N–H and O–H groups in total. The smallest absolute Gasteiger partial charge is 0.266 e. The van der Waals surface area contributed by atoms with E-state index >= 15 is 0 Å². The van der Waals surface area contributed by atoms with E-state index in [9.17, 15) is 14.7 Å². The van der Waals surface area contributed by atoms with Crippen LogP contribution in [0.2, 0.25) is 0 Å². The summed E-state index contributed by atoms with van der Waals surface area (Å²) < 4.78 is 10.8. The number of carbonyl (C=O) groups is 2. The maximum atomic E-state index is 13.2. The van der Waals surface area contributed by atoms with Gasteiger partial charge in [0.1, 0.15) is 17.4 Å². The van der Waals surface area contributed by atoms with Gasteiger partial charge in [0, 0.05) is 17.7 Å². The minimum absolute atomic E-state index is 0.0935. The Morgan fingerprint density at radius 1 is 1.04 bits per heavy atom. The summed E-state index contributed by atoms with van der Waals surface area (Å²) >= 11 is 0. The highest BCUT2D eigenvalue weighted by Crippen LogP contribution is 2.45. The highest BCUT2D eigenvalue weighted by atomic mass is 16.7. The molecule has 1 amide bonds. The molecule has 2 heterocycles. The van der Waals surface area contributed by atoms with Crippen molar-refractivity contribution in [2.45, 2.75) is 18.9 Å². The topological polar surface area (TPSA) is 76.1 Å². The summed E-state index contributed by atoms with van der Waals surface area (Å²) in [6.45, 7) is 0.129. The van der Waals surface area contributed by atoms with Gasteiger partial charge in [0.05, 0.1) is 0 Å². The molecule has 3 aliphatic rings. The van der Waals surface area contributed by atoms with Crippen molar-refractivity contribution < 1.29 is 24.2 Å². The molecule has 27 heavy (non-hydrogen) atoms. The predicted octanol–water partition coefficient (Wildman–Crippen LogP) is 3.29. The van der Waals surface area contributed by atoms with Crippen LogP contribution in [0.5, 0.6) is 11.5 Å². The second-order valence-electron chi connectivity index (χ2n) is 6.92. The van der Waals surface area contributed by atoms with Crippen molar-refractivity contribution in [3.8, 4) is 11.5 Å². The Balaban J connectivity index is 1.62. The molecule has 0 saturated heterocycles. The number of nitrogens with zero attached hydrogens (tertiary/aromatic N) is 1. The van der Waals surface area contributed by atoms with Gasteiger partial charge in [-0.1, -0.05) is 30.3 Å². The standard InChI is InChI=1S/C21H17NO5/c23-19(13-6-7-13)17-20(24)18(12-4-2-1-3-5-12)22(21(17)25)14-8-9-15-16(10-14)27-11-26-15/h1-5,8-10,13,18,24H,6-7,11H2. The SMILES string of the molecule is O=C(C1=C(O)C(c2ccccc2)N(c2ccc3c(c2)OCO3)C1=O)C1CC1. The lowest BCUT2D eigenvalue weighted by Gasteiger charge is -2.26. The molecule has 0 spiro atoms. The van der Waals surface area contributed by atoms with E-state index in [4.69, 9.17) is 9.47 Å². The molecule has 0 radical (unpaired) electrons. The zero-order valence-electron chi connectivity index (χ0n) is 14.4. The average Bonchev–Trinajstić information content (AvgIpc) is 3.37. The normalized spacial score (nSPS) is 21.1. The van der Waals surface area contributed by atoms with Crippen LogP contribution in [0.3, 0.4) is 0 Å². The Morgan fingerprint density at radius 3 is 2.52 bits per heavy atom. The molecule has 2 aromatic carbocycles.